The average Bonchev–Trinajstić information content (AvgIpc) is 3.55. The van der Waals surface area contributed by atoms with Crippen molar-refractivity contribution in [1.82, 2.24) is 20.3 Å². The van der Waals surface area contributed by atoms with Crippen molar-refractivity contribution in [2.75, 3.05) is 12.4 Å². The number of nitrogens with zero attached hydrogens (tertiary/aromatic N) is 3. The van der Waals surface area contributed by atoms with Gasteiger partial charge in [0.2, 0.25) is 5.91 Å². The number of aromatic nitrogens is 3. The van der Waals surface area contributed by atoms with E-state index in [1.807, 2.05) is 21.6 Å². The van der Waals surface area contributed by atoms with Crippen molar-refractivity contribution in [1.29, 1.82) is 0 Å². The lowest BCUT2D eigenvalue weighted by Crippen LogP contribution is -2.22. The second-order valence-corrected chi connectivity index (χ2v) is 11.3. The Balaban J connectivity index is 1.14. The second-order valence-electron chi connectivity index (χ2n) is 8.48. The predicted octanol–water partition coefficient (Wildman–Crippen LogP) is 3.88. The fourth-order valence-electron chi connectivity index (χ4n) is 3.78. The summed E-state index contributed by atoms with van der Waals surface area (Å²) < 4.78 is 12.5. The first-order chi connectivity index (χ1) is 17.5. The van der Waals surface area contributed by atoms with Gasteiger partial charge in [-0.2, -0.15) is 0 Å². The van der Waals surface area contributed by atoms with E-state index >= 15 is 0 Å². The monoisotopic (exact) mass is 532 g/mol. The van der Waals surface area contributed by atoms with E-state index in [1.165, 1.54) is 24.7 Å². The van der Waals surface area contributed by atoms with Crippen LogP contribution >= 0.6 is 21.6 Å². The molecule has 0 bridgehead atoms. The Bertz CT molecular complexity index is 1250. The molecule has 2 aromatic heterocycles. The molecule has 0 spiro atoms. The lowest BCUT2D eigenvalue weighted by molar-refractivity contribution is -0.121. The number of carbonyl (C=O) groups excluding carboxylic acids is 1. The molecule has 4 rings (SSSR count). The zero-order chi connectivity index (χ0) is 25.3. The number of aryl methyl sites for hydroxylation is 1. The summed E-state index contributed by atoms with van der Waals surface area (Å²) in [5, 5.41) is 21.4. The molecular formula is C24H28N4O6S2. The highest BCUT2D eigenvalue weighted by Gasteiger charge is 2.16. The molecular weight excluding hydrogens is 504 g/mol. The Kier molecular flexibility index (Phi) is 9.29. The molecule has 0 saturated carbocycles. The van der Waals surface area contributed by atoms with Gasteiger partial charge in [-0.25, -0.2) is 9.59 Å². The number of rotatable bonds is 13. The maximum absolute atomic E-state index is 12.1. The van der Waals surface area contributed by atoms with Gasteiger partial charge < -0.3 is 19.6 Å². The van der Waals surface area contributed by atoms with Crippen LogP contribution in [0.2, 0.25) is 0 Å². The van der Waals surface area contributed by atoms with Crippen LogP contribution in [0.1, 0.15) is 54.6 Å². The second kappa shape index (κ2) is 12.8. The number of amides is 1. The van der Waals surface area contributed by atoms with Crippen molar-refractivity contribution in [3.63, 3.8) is 0 Å². The highest BCUT2D eigenvalue weighted by atomic mass is 33.1. The van der Waals surface area contributed by atoms with Crippen LogP contribution in [0.4, 0.5) is 0 Å². The summed E-state index contributed by atoms with van der Waals surface area (Å²) in [6.07, 6.45) is 7.47. The smallest absolute Gasteiger partial charge is 0.351 e. The molecule has 1 aromatic carbocycles. The highest BCUT2D eigenvalue weighted by molar-refractivity contribution is 8.77. The average molecular weight is 533 g/mol. The molecule has 0 radical (unpaired) electrons. The van der Waals surface area contributed by atoms with Crippen molar-refractivity contribution in [2.45, 2.75) is 56.9 Å². The molecule has 1 saturated heterocycles. The number of fused-ring (bicyclic) bond motifs is 1. The number of nitrogens with one attached hydrogen (secondary N) is 1. The van der Waals surface area contributed by atoms with Gasteiger partial charge in [0.25, 0.3) is 0 Å². The largest absolute Gasteiger partial charge is 0.493 e. The van der Waals surface area contributed by atoms with Crippen LogP contribution in [-0.4, -0.2) is 49.6 Å². The van der Waals surface area contributed by atoms with Gasteiger partial charge in [0.1, 0.15) is 22.6 Å². The summed E-state index contributed by atoms with van der Waals surface area (Å²) in [5.74, 6) is 0.467. The minimum atomic E-state index is -1.33. The van der Waals surface area contributed by atoms with Gasteiger partial charge in [0.05, 0.1) is 19.3 Å². The zero-order valence-corrected chi connectivity index (χ0v) is 21.3. The number of hydrogen-bond donors (Lipinski definition) is 2. The Hall–Kier alpha value is -2.99. The summed E-state index contributed by atoms with van der Waals surface area (Å²) in [4.78, 5) is 34.9. The van der Waals surface area contributed by atoms with E-state index in [0.29, 0.717) is 49.4 Å². The third-order valence-electron chi connectivity index (χ3n) is 5.70. The number of carbonyl (C=O) groups is 2. The zero-order valence-electron chi connectivity index (χ0n) is 19.7. The summed E-state index contributed by atoms with van der Waals surface area (Å²) in [7, 11) is 3.93. The SMILES string of the molecule is O=C(CCCCC1CCSS1)NCc1cn(CCCOc2ccc3cc(C(=O)O)c(=O)oc3c2)nn1. The van der Waals surface area contributed by atoms with Gasteiger partial charge in [-0.05, 0) is 37.5 Å². The first-order valence-electron chi connectivity index (χ1n) is 11.9. The van der Waals surface area contributed by atoms with Crippen molar-refractivity contribution in [2.24, 2.45) is 0 Å². The lowest BCUT2D eigenvalue weighted by Gasteiger charge is -2.07. The molecule has 1 aliphatic heterocycles. The summed E-state index contributed by atoms with van der Waals surface area (Å²) in [6.45, 7) is 1.34. The molecule has 1 fully saturated rings. The number of benzene rings is 1. The van der Waals surface area contributed by atoms with Crippen molar-refractivity contribution in [3.8, 4) is 5.75 Å². The van der Waals surface area contributed by atoms with Crippen molar-refractivity contribution in [3.05, 3.63) is 52.1 Å². The molecule has 192 valence electrons. The number of carboxylic acids is 1. The van der Waals surface area contributed by atoms with Crippen LogP contribution in [0.25, 0.3) is 11.0 Å². The van der Waals surface area contributed by atoms with Gasteiger partial charge in [-0.15, -0.1) is 5.10 Å². The standard InChI is InChI=1S/C24H28N4O6S2/c29-22(5-2-1-4-19-8-11-35-36-19)25-14-17-15-28(27-26-17)9-3-10-33-18-7-6-16-12-20(23(30)31)24(32)34-21(16)13-18/h6-7,12-13,15,19H,1-5,8-11,14H2,(H,25,29)(H,30,31). The molecule has 0 aliphatic carbocycles. The topological polar surface area (TPSA) is 137 Å². The van der Waals surface area contributed by atoms with Crippen LogP contribution in [0.15, 0.2) is 39.7 Å². The Morgan fingerprint density at radius 3 is 2.94 bits per heavy atom. The molecule has 36 heavy (non-hydrogen) atoms. The molecule has 1 atom stereocenters. The fourth-order valence-corrected chi connectivity index (χ4v) is 6.80. The van der Waals surface area contributed by atoms with E-state index in [0.717, 1.165) is 18.1 Å². The normalized spacial score (nSPS) is 15.3. The van der Waals surface area contributed by atoms with E-state index in [9.17, 15) is 14.4 Å². The van der Waals surface area contributed by atoms with Gasteiger partial charge in [-0.1, -0.05) is 33.2 Å². The van der Waals surface area contributed by atoms with Gasteiger partial charge in [0.15, 0.2) is 0 Å². The number of ether oxygens (including phenoxy) is 1. The van der Waals surface area contributed by atoms with Crippen LogP contribution in [0.5, 0.6) is 5.75 Å². The minimum Gasteiger partial charge on any atom is -0.493 e. The predicted molar refractivity (Wildman–Crippen MR) is 138 cm³/mol. The quantitative estimate of drug-likeness (QED) is 0.189. The number of aromatic carboxylic acids is 1. The number of unbranched alkanes of at least 4 members (excludes halogenated alkanes) is 1. The first-order valence-corrected chi connectivity index (χ1v) is 14.2. The Morgan fingerprint density at radius 2 is 2.14 bits per heavy atom. The molecule has 1 aliphatic rings. The first kappa shape index (κ1) is 26.1. The third-order valence-corrected chi connectivity index (χ3v) is 8.70. The minimum absolute atomic E-state index is 0.0387. The van der Waals surface area contributed by atoms with Gasteiger partial charge in [-0.3, -0.25) is 9.48 Å². The molecule has 2 N–H and O–H groups in total. The molecule has 1 unspecified atom stereocenters. The highest BCUT2D eigenvalue weighted by Crippen LogP contribution is 2.39. The van der Waals surface area contributed by atoms with Crippen LogP contribution in [0.3, 0.4) is 0 Å². The Morgan fingerprint density at radius 1 is 1.25 bits per heavy atom. The van der Waals surface area contributed by atoms with Crippen LogP contribution in [-0.2, 0) is 17.9 Å². The number of hydrogen-bond acceptors (Lipinski definition) is 9. The fraction of sp³-hybridized carbons (Fsp3) is 0.458. The van der Waals surface area contributed by atoms with Crippen LogP contribution < -0.4 is 15.7 Å². The summed E-state index contributed by atoms with van der Waals surface area (Å²) >= 11 is 0. The van der Waals surface area contributed by atoms with Crippen LogP contribution in [0, 0.1) is 0 Å². The van der Waals surface area contributed by atoms with Crippen molar-refractivity contribution >= 4 is 44.4 Å². The van der Waals surface area contributed by atoms with Gasteiger partial charge >= 0.3 is 11.6 Å². The van der Waals surface area contributed by atoms with E-state index in [4.69, 9.17) is 14.3 Å². The molecule has 10 nitrogen and oxygen atoms in total. The lowest BCUT2D eigenvalue weighted by atomic mass is 10.1. The molecule has 12 heteroatoms. The van der Waals surface area contributed by atoms with E-state index in [1.54, 1.807) is 29.1 Å². The van der Waals surface area contributed by atoms with E-state index < -0.39 is 17.2 Å². The molecule has 3 aromatic rings. The maximum atomic E-state index is 12.1. The van der Waals surface area contributed by atoms with Crippen molar-refractivity contribution < 1.29 is 23.8 Å². The maximum Gasteiger partial charge on any atom is 0.351 e. The van der Waals surface area contributed by atoms with Gasteiger partial charge in [0, 0.05) is 41.8 Å². The van der Waals surface area contributed by atoms with E-state index in [2.05, 4.69) is 15.6 Å². The Labute approximate surface area is 215 Å². The van der Waals surface area contributed by atoms with E-state index in [-0.39, 0.29) is 11.5 Å². The molecule has 1 amide bonds. The number of carboxylic acid groups (broad SMARTS) is 1. The summed E-state index contributed by atoms with van der Waals surface area (Å²) in [5.41, 5.74) is -0.342. The summed E-state index contributed by atoms with van der Waals surface area (Å²) in [6, 6.07) is 6.18. The molecule has 3 heterocycles. The third kappa shape index (κ3) is 7.50.